The standard InChI is InChI=1S/C50H34N4/c1-32-11-17-35(18-12-32)38-23-25-46-42(27-38)40-7-3-5-9-44(40)53(46)48-30-52-31-49(50(48)37-21-15-34(29-51)16-22-37)54-45-10-6-4-8-41(45)43-28-39(24-26-47(43)54)36-19-13-33(2)14-20-36/h3-28,30-31H,1-2H3. The summed E-state index contributed by atoms with van der Waals surface area (Å²) in [4.78, 5) is 5.00. The fraction of sp³-hybridized carbons (Fsp3) is 0.0400. The van der Waals surface area contributed by atoms with Gasteiger partial charge in [0.15, 0.2) is 0 Å². The first-order valence-corrected chi connectivity index (χ1v) is 18.3. The van der Waals surface area contributed by atoms with Crippen molar-refractivity contribution in [3.05, 3.63) is 187 Å². The molecule has 0 radical (unpaired) electrons. The van der Waals surface area contributed by atoms with E-state index in [-0.39, 0.29) is 0 Å². The van der Waals surface area contributed by atoms with Crippen LogP contribution in [0, 0.1) is 25.2 Å². The molecule has 54 heavy (non-hydrogen) atoms. The van der Waals surface area contributed by atoms with E-state index >= 15 is 0 Å². The second-order valence-electron chi connectivity index (χ2n) is 14.1. The summed E-state index contributed by atoms with van der Waals surface area (Å²) in [5.41, 5.74) is 16.2. The Morgan fingerprint density at radius 2 is 0.833 bits per heavy atom. The number of fused-ring (bicyclic) bond motifs is 6. The molecule has 0 aliphatic rings. The summed E-state index contributed by atoms with van der Waals surface area (Å²) in [6, 6.07) is 58.5. The van der Waals surface area contributed by atoms with Crippen molar-refractivity contribution in [1.82, 2.24) is 14.1 Å². The second kappa shape index (κ2) is 12.5. The van der Waals surface area contributed by atoms with Crippen molar-refractivity contribution in [3.8, 4) is 50.8 Å². The Balaban J connectivity index is 1.27. The minimum Gasteiger partial charge on any atom is -0.307 e. The summed E-state index contributed by atoms with van der Waals surface area (Å²) in [5, 5.41) is 14.5. The lowest BCUT2D eigenvalue weighted by atomic mass is 10.0. The third-order valence-electron chi connectivity index (χ3n) is 10.8. The number of benzene rings is 7. The smallest absolute Gasteiger partial charge is 0.0991 e. The zero-order valence-electron chi connectivity index (χ0n) is 30.0. The highest BCUT2D eigenvalue weighted by atomic mass is 15.0. The van der Waals surface area contributed by atoms with Gasteiger partial charge in [0, 0.05) is 27.1 Å². The summed E-state index contributed by atoms with van der Waals surface area (Å²) in [5.74, 6) is 0. The number of para-hydroxylation sites is 2. The normalized spacial score (nSPS) is 11.5. The fourth-order valence-electron chi connectivity index (χ4n) is 8.10. The highest BCUT2D eigenvalue weighted by molar-refractivity contribution is 6.13. The molecule has 0 atom stereocenters. The van der Waals surface area contributed by atoms with E-state index in [0.717, 1.165) is 44.6 Å². The van der Waals surface area contributed by atoms with Gasteiger partial charge in [0.1, 0.15) is 0 Å². The van der Waals surface area contributed by atoms with Gasteiger partial charge in [-0.2, -0.15) is 5.26 Å². The van der Waals surface area contributed by atoms with Crippen molar-refractivity contribution < 1.29 is 0 Å². The molecular formula is C50H34N4. The fourth-order valence-corrected chi connectivity index (χ4v) is 8.10. The van der Waals surface area contributed by atoms with E-state index in [0.29, 0.717) is 5.56 Å². The molecule has 0 aliphatic carbocycles. The summed E-state index contributed by atoms with van der Waals surface area (Å²) in [7, 11) is 0. The monoisotopic (exact) mass is 690 g/mol. The van der Waals surface area contributed by atoms with Crippen molar-refractivity contribution in [1.29, 1.82) is 5.26 Å². The average molecular weight is 691 g/mol. The molecule has 0 bridgehead atoms. The van der Waals surface area contributed by atoms with Crippen LogP contribution < -0.4 is 0 Å². The summed E-state index contributed by atoms with van der Waals surface area (Å²) in [6.45, 7) is 4.24. The van der Waals surface area contributed by atoms with Crippen LogP contribution in [-0.4, -0.2) is 14.1 Å². The number of rotatable bonds is 5. The molecule has 0 fully saturated rings. The SMILES string of the molecule is Cc1ccc(-c2ccc3c(c2)c2ccccc2n3-c2cncc(-n3c4ccccc4c4cc(-c5ccc(C)cc5)ccc43)c2-c2ccc(C#N)cc2)cc1. The zero-order chi connectivity index (χ0) is 36.3. The third kappa shape index (κ3) is 5.02. The van der Waals surface area contributed by atoms with Crippen LogP contribution in [0.1, 0.15) is 16.7 Å². The molecule has 0 N–H and O–H groups in total. The van der Waals surface area contributed by atoms with Gasteiger partial charge in [0.05, 0.1) is 57.5 Å². The van der Waals surface area contributed by atoms with Gasteiger partial charge in [0.2, 0.25) is 0 Å². The van der Waals surface area contributed by atoms with Crippen LogP contribution in [0.25, 0.3) is 88.4 Å². The molecule has 4 heteroatoms. The number of hydrogen-bond acceptors (Lipinski definition) is 2. The molecule has 3 aromatic heterocycles. The number of nitrogens with zero attached hydrogens (tertiary/aromatic N) is 4. The first kappa shape index (κ1) is 31.5. The van der Waals surface area contributed by atoms with E-state index in [4.69, 9.17) is 4.98 Å². The van der Waals surface area contributed by atoms with Crippen molar-refractivity contribution in [2.24, 2.45) is 0 Å². The molecule has 7 aromatic carbocycles. The minimum absolute atomic E-state index is 0.622. The predicted octanol–water partition coefficient (Wildman–Crippen LogP) is 12.8. The molecule has 3 heterocycles. The number of pyridine rings is 1. The van der Waals surface area contributed by atoms with E-state index in [1.807, 2.05) is 24.5 Å². The Kier molecular flexibility index (Phi) is 7.28. The van der Waals surface area contributed by atoms with Gasteiger partial charge in [-0.1, -0.05) is 120 Å². The van der Waals surface area contributed by atoms with Crippen LogP contribution in [0.15, 0.2) is 170 Å². The maximum absolute atomic E-state index is 9.75. The highest BCUT2D eigenvalue weighted by Gasteiger charge is 2.23. The molecule has 0 saturated heterocycles. The van der Waals surface area contributed by atoms with Gasteiger partial charge in [-0.3, -0.25) is 4.98 Å². The Morgan fingerprint density at radius 3 is 1.30 bits per heavy atom. The van der Waals surface area contributed by atoms with Crippen molar-refractivity contribution in [2.75, 3.05) is 0 Å². The molecule has 10 rings (SSSR count). The molecule has 0 amide bonds. The van der Waals surface area contributed by atoms with Crippen LogP contribution in [0.5, 0.6) is 0 Å². The summed E-state index contributed by atoms with van der Waals surface area (Å²) in [6.07, 6.45) is 3.97. The summed E-state index contributed by atoms with van der Waals surface area (Å²) >= 11 is 0. The number of aromatic nitrogens is 3. The van der Waals surface area contributed by atoms with Gasteiger partial charge in [-0.15, -0.1) is 0 Å². The molecule has 0 spiro atoms. The van der Waals surface area contributed by atoms with Gasteiger partial charge < -0.3 is 9.13 Å². The van der Waals surface area contributed by atoms with Crippen LogP contribution in [0.2, 0.25) is 0 Å². The van der Waals surface area contributed by atoms with Gasteiger partial charge >= 0.3 is 0 Å². The van der Waals surface area contributed by atoms with E-state index in [1.54, 1.807) is 0 Å². The quantitative estimate of drug-likeness (QED) is 0.180. The van der Waals surface area contributed by atoms with E-state index < -0.39 is 0 Å². The second-order valence-corrected chi connectivity index (χ2v) is 14.1. The third-order valence-corrected chi connectivity index (χ3v) is 10.8. The molecule has 4 nitrogen and oxygen atoms in total. The highest BCUT2D eigenvalue weighted by Crippen LogP contribution is 2.43. The van der Waals surface area contributed by atoms with Crippen molar-refractivity contribution in [2.45, 2.75) is 13.8 Å². The number of aryl methyl sites for hydroxylation is 2. The maximum Gasteiger partial charge on any atom is 0.0991 e. The van der Waals surface area contributed by atoms with Crippen LogP contribution in [-0.2, 0) is 0 Å². The Bertz CT molecular complexity index is 2920. The minimum atomic E-state index is 0.622. The van der Waals surface area contributed by atoms with E-state index in [9.17, 15) is 5.26 Å². The first-order chi connectivity index (χ1) is 26.6. The zero-order valence-corrected chi connectivity index (χ0v) is 30.0. The van der Waals surface area contributed by atoms with E-state index in [1.165, 1.54) is 54.9 Å². The van der Waals surface area contributed by atoms with Crippen molar-refractivity contribution in [3.63, 3.8) is 0 Å². The van der Waals surface area contributed by atoms with Gasteiger partial charge in [-0.25, -0.2) is 0 Å². The molecule has 254 valence electrons. The van der Waals surface area contributed by atoms with Crippen LogP contribution in [0.3, 0.4) is 0 Å². The van der Waals surface area contributed by atoms with Crippen LogP contribution >= 0.6 is 0 Å². The lowest BCUT2D eigenvalue weighted by Gasteiger charge is -2.19. The number of nitriles is 1. The lowest BCUT2D eigenvalue weighted by molar-refractivity contribution is 1.09. The number of hydrogen-bond donors (Lipinski definition) is 0. The van der Waals surface area contributed by atoms with Crippen molar-refractivity contribution >= 4 is 43.6 Å². The van der Waals surface area contributed by atoms with E-state index in [2.05, 4.69) is 175 Å². The van der Waals surface area contributed by atoms with Crippen LogP contribution in [0.4, 0.5) is 0 Å². The molecule has 10 aromatic rings. The molecule has 0 unspecified atom stereocenters. The molecule has 0 saturated carbocycles. The average Bonchev–Trinajstić information content (AvgIpc) is 3.73. The van der Waals surface area contributed by atoms with Gasteiger partial charge in [0.25, 0.3) is 0 Å². The Labute approximate surface area is 313 Å². The Hall–Kier alpha value is -7.22. The molecule has 0 aliphatic heterocycles. The predicted molar refractivity (Wildman–Crippen MR) is 223 cm³/mol. The van der Waals surface area contributed by atoms with Gasteiger partial charge in [-0.05, 0) is 90.2 Å². The Morgan fingerprint density at radius 1 is 0.426 bits per heavy atom. The largest absolute Gasteiger partial charge is 0.307 e. The lowest BCUT2D eigenvalue weighted by Crippen LogP contribution is -2.05. The maximum atomic E-state index is 9.75. The topological polar surface area (TPSA) is 46.5 Å². The summed E-state index contributed by atoms with van der Waals surface area (Å²) < 4.78 is 4.72. The first-order valence-electron chi connectivity index (χ1n) is 18.3. The molecular weight excluding hydrogens is 657 g/mol.